The third kappa shape index (κ3) is 3.09. The molecule has 1 aliphatic heterocycles. The number of carbonyl (C=O) groups is 1. The first kappa shape index (κ1) is 16.4. The summed E-state index contributed by atoms with van der Waals surface area (Å²) in [6.45, 7) is -0.0344. The minimum atomic E-state index is -0.436. The van der Waals surface area contributed by atoms with Crippen molar-refractivity contribution in [2.45, 2.75) is 6.61 Å². The standard InChI is InChI=1S/C20H12ClFO4/c21-16-4-1-5-17(22)15(16)11-25-13-6-7-14-18(9-13)26-19(20(14)23)10-12-3-2-8-24-12/h1-10H,11H2/b19-10-. The Morgan fingerprint density at radius 2 is 2.04 bits per heavy atom. The van der Waals surface area contributed by atoms with Gasteiger partial charge in [0.1, 0.15) is 29.7 Å². The molecular weight excluding hydrogens is 359 g/mol. The number of halogens is 2. The maximum absolute atomic E-state index is 13.8. The molecule has 0 spiro atoms. The van der Waals surface area contributed by atoms with Gasteiger partial charge in [0.05, 0.1) is 16.8 Å². The molecule has 6 heteroatoms. The molecule has 4 nitrogen and oxygen atoms in total. The van der Waals surface area contributed by atoms with Crippen molar-refractivity contribution in [3.05, 3.63) is 88.3 Å². The molecular formula is C20H12ClFO4. The highest BCUT2D eigenvalue weighted by molar-refractivity contribution is 6.31. The molecule has 0 amide bonds. The number of furan rings is 1. The maximum atomic E-state index is 13.8. The number of carbonyl (C=O) groups excluding carboxylic acids is 1. The summed E-state index contributed by atoms with van der Waals surface area (Å²) in [4.78, 5) is 12.4. The summed E-state index contributed by atoms with van der Waals surface area (Å²) in [6, 6.07) is 12.7. The van der Waals surface area contributed by atoms with Gasteiger partial charge in [0.15, 0.2) is 5.76 Å². The quantitative estimate of drug-likeness (QED) is 0.587. The molecule has 4 rings (SSSR count). The van der Waals surface area contributed by atoms with Crippen LogP contribution in [0.4, 0.5) is 4.39 Å². The largest absolute Gasteiger partial charge is 0.489 e. The van der Waals surface area contributed by atoms with Gasteiger partial charge in [-0.05, 0) is 36.4 Å². The lowest BCUT2D eigenvalue weighted by molar-refractivity contribution is 0.101. The zero-order chi connectivity index (χ0) is 18.1. The molecule has 0 atom stereocenters. The van der Waals surface area contributed by atoms with Crippen molar-refractivity contribution in [2.24, 2.45) is 0 Å². The molecule has 0 radical (unpaired) electrons. The van der Waals surface area contributed by atoms with Crippen LogP contribution in [0.15, 0.2) is 65.0 Å². The van der Waals surface area contributed by atoms with Gasteiger partial charge in [-0.2, -0.15) is 0 Å². The first-order valence-corrected chi connectivity index (χ1v) is 8.17. The zero-order valence-corrected chi connectivity index (χ0v) is 14.1. The number of ether oxygens (including phenoxy) is 2. The SMILES string of the molecule is O=C1/C(=C/c2ccco2)Oc2cc(OCc3c(F)cccc3Cl)ccc21. The average molecular weight is 371 g/mol. The average Bonchev–Trinajstić information content (AvgIpc) is 3.23. The van der Waals surface area contributed by atoms with Crippen molar-refractivity contribution in [1.82, 2.24) is 0 Å². The summed E-state index contributed by atoms with van der Waals surface area (Å²) in [7, 11) is 0. The molecule has 3 aromatic rings. The Morgan fingerprint density at radius 3 is 2.81 bits per heavy atom. The Morgan fingerprint density at radius 1 is 1.15 bits per heavy atom. The normalized spacial score (nSPS) is 14.4. The highest BCUT2D eigenvalue weighted by atomic mass is 35.5. The lowest BCUT2D eigenvalue weighted by Gasteiger charge is -2.09. The van der Waals surface area contributed by atoms with Crippen LogP contribution in [-0.4, -0.2) is 5.78 Å². The first-order valence-electron chi connectivity index (χ1n) is 7.79. The van der Waals surface area contributed by atoms with E-state index in [9.17, 15) is 9.18 Å². The molecule has 0 fully saturated rings. The Balaban J connectivity index is 1.54. The van der Waals surface area contributed by atoms with Crippen molar-refractivity contribution in [3.63, 3.8) is 0 Å². The molecule has 1 aliphatic rings. The summed E-state index contributed by atoms with van der Waals surface area (Å²) in [6.07, 6.45) is 3.04. The number of benzene rings is 2. The molecule has 130 valence electrons. The van der Waals surface area contributed by atoms with Gasteiger partial charge in [-0.15, -0.1) is 0 Å². The van der Waals surface area contributed by atoms with Gasteiger partial charge in [0, 0.05) is 17.7 Å². The number of hydrogen-bond acceptors (Lipinski definition) is 4. The summed E-state index contributed by atoms with van der Waals surface area (Å²) >= 11 is 5.99. The number of fused-ring (bicyclic) bond motifs is 1. The number of hydrogen-bond donors (Lipinski definition) is 0. The van der Waals surface area contributed by atoms with E-state index in [-0.39, 0.29) is 23.7 Å². The molecule has 2 heterocycles. The lowest BCUT2D eigenvalue weighted by atomic mass is 10.1. The van der Waals surface area contributed by atoms with E-state index in [2.05, 4.69) is 0 Å². The van der Waals surface area contributed by atoms with Crippen LogP contribution in [0.25, 0.3) is 6.08 Å². The second-order valence-corrected chi connectivity index (χ2v) is 6.01. The predicted molar refractivity (Wildman–Crippen MR) is 93.8 cm³/mol. The Kier molecular flexibility index (Phi) is 4.22. The third-order valence-corrected chi connectivity index (χ3v) is 4.26. The summed E-state index contributed by atoms with van der Waals surface area (Å²) in [5, 5.41) is 0.293. The van der Waals surface area contributed by atoms with Crippen molar-refractivity contribution >= 4 is 23.5 Å². The number of Topliss-reactive ketones (excluding diaryl/α,β-unsaturated/α-hetero) is 1. The van der Waals surface area contributed by atoms with Crippen LogP contribution in [0.5, 0.6) is 11.5 Å². The van der Waals surface area contributed by atoms with Crippen LogP contribution in [0.1, 0.15) is 21.7 Å². The van der Waals surface area contributed by atoms with Gasteiger partial charge in [0.2, 0.25) is 5.78 Å². The molecule has 0 unspecified atom stereocenters. The smallest absolute Gasteiger partial charge is 0.232 e. The minimum Gasteiger partial charge on any atom is -0.489 e. The van der Waals surface area contributed by atoms with E-state index in [0.29, 0.717) is 27.8 Å². The van der Waals surface area contributed by atoms with Gasteiger partial charge in [-0.1, -0.05) is 17.7 Å². The van der Waals surface area contributed by atoms with Gasteiger partial charge in [-0.3, -0.25) is 4.79 Å². The van der Waals surface area contributed by atoms with Crippen molar-refractivity contribution in [1.29, 1.82) is 0 Å². The Labute approximate surface area is 153 Å². The lowest BCUT2D eigenvalue weighted by Crippen LogP contribution is -1.99. The summed E-state index contributed by atoms with van der Waals surface area (Å²) in [5.41, 5.74) is 0.698. The topological polar surface area (TPSA) is 48.7 Å². The molecule has 0 saturated carbocycles. The monoisotopic (exact) mass is 370 g/mol. The van der Waals surface area contributed by atoms with E-state index >= 15 is 0 Å². The molecule has 0 aliphatic carbocycles. The van der Waals surface area contributed by atoms with Crippen LogP contribution in [0, 0.1) is 5.82 Å². The summed E-state index contributed by atoms with van der Waals surface area (Å²) in [5.74, 6) is 0.838. The fraction of sp³-hybridized carbons (Fsp3) is 0.0500. The van der Waals surface area contributed by atoms with Crippen molar-refractivity contribution in [2.75, 3.05) is 0 Å². The third-order valence-electron chi connectivity index (χ3n) is 3.90. The van der Waals surface area contributed by atoms with Crippen LogP contribution in [0.3, 0.4) is 0 Å². The van der Waals surface area contributed by atoms with Gasteiger partial charge in [0.25, 0.3) is 0 Å². The highest BCUT2D eigenvalue weighted by Gasteiger charge is 2.28. The van der Waals surface area contributed by atoms with Crippen LogP contribution < -0.4 is 9.47 Å². The van der Waals surface area contributed by atoms with E-state index in [1.54, 1.807) is 36.4 Å². The van der Waals surface area contributed by atoms with E-state index in [4.69, 9.17) is 25.5 Å². The molecule has 2 aromatic carbocycles. The fourth-order valence-corrected chi connectivity index (χ4v) is 2.80. The highest BCUT2D eigenvalue weighted by Crippen LogP contribution is 2.35. The molecule has 1 aromatic heterocycles. The van der Waals surface area contributed by atoms with E-state index in [1.807, 2.05) is 0 Å². The van der Waals surface area contributed by atoms with Gasteiger partial charge >= 0.3 is 0 Å². The van der Waals surface area contributed by atoms with E-state index in [0.717, 1.165) is 0 Å². The molecule has 0 bridgehead atoms. The predicted octanol–water partition coefficient (Wildman–Crippen LogP) is 5.27. The van der Waals surface area contributed by atoms with Crippen LogP contribution in [-0.2, 0) is 6.61 Å². The summed E-state index contributed by atoms with van der Waals surface area (Å²) < 4.78 is 30.2. The van der Waals surface area contributed by atoms with Crippen molar-refractivity contribution in [3.8, 4) is 11.5 Å². The maximum Gasteiger partial charge on any atom is 0.232 e. The molecule has 26 heavy (non-hydrogen) atoms. The molecule has 0 saturated heterocycles. The minimum absolute atomic E-state index is 0.0344. The van der Waals surface area contributed by atoms with Crippen LogP contribution in [0.2, 0.25) is 5.02 Å². The first-order chi connectivity index (χ1) is 12.6. The number of ketones is 1. The second kappa shape index (κ2) is 6.69. The van der Waals surface area contributed by atoms with E-state index < -0.39 is 5.82 Å². The van der Waals surface area contributed by atoms with E-state index in [1.165, 1.54) is 24.5 Å². The van der Waals surface area contributed by atoms with Crippen molar-refractivity contribution < 1.29 is 23.1 Å². The number of rotatable bonds is 4. The Hall–Kier alpha value is -3.05. The Bertz CT molecular complexity index is 988. The van der Waals surface area contributed by atoms with Gasteiger partial charge < -0.3 is 13.9 Å². The zero-order valence-electron chi connectivity index (χ0n) is 13.4. The second-order valence-electron chi connectivity index (χ2n) is 5.60. The van der Waals surface area contributed by atoms with Crippen LogP contribution >= 0.6 is 11.6 Å². The molecule has 0 N–H and O–H groups in total. The van der Waals surface area contributed by atoms with Gasteiger partial charge in [-0.25, -0.2) is 4.39 Å². The fourth-order valence-electron chi connectivity index (χ4n) is 2.59. The number of allylic oxidation sites excluding steroid dienone is 1.